The molecule has 21 heavy (non-hydrogen) atoms. The highest BCUT2D eigenvalue weighted by atomic mass is 35.5. The molecule has 1 fully saturated rings. The molecule has 8 heteroatoms. The van der Waals surface area contributed by atoms with E-state index in [1.807, 2.05) is 0 Å². The van der Waals surface area contributed by atoms with Crippen LogP contribution in [-0.2, 0) is 15.6 Å². The molecule has 1 atom stereocenters. The molecule has 114 valence electrons. The number of rotatable bonds is 6. The summed E-state index contributed by atoms with van der Waals surface area (Å²) in [7, 11) is -3.69. The Morgan fingerprint density at radius 2 is 2.19 bits per heavy atom. The first-order valence-corrected chi connectivity index (χ1v) is 9.11. The maximum absolute atomic E-state index is 12.2. The summed E-state index contributed by atoms with van der Waals surface area (Å²) in [5.41, 5.74) is -1.31. The second-order valence-corrected chi connectivity index (χ2v) is 8.77. The number of aliphatic hydroxyl groups is 1. The zero-order valence-corrected chi connectivity index (χ0v) is 13.3. The fourth-order valence-electron chi connectivity index (χ4n) is 2.24. The second-order valence-electron chi connectivity index (χ2n) is 5.06. The summed E-state index contributed by atoms with van der Waals surface area (Å²) in [5, 5.41) is 10.8. The van der Waals surface area contributed by atoms with E-state index >= 15 is 0 Å². The Hall–Kier alpha value is -0.860. The van der Waals surface area contributed by atoms with Gasteiger partial charge in [0.05, 0.1) is 10.6 Å². The monoisotopic (exact) mass is 347 g/mol. The van der Waals surface area contributed by atoms with Gasteiger partial charge in [0.15, 0.2) is 0 Å². The smallest absolute Gasteiger partial charge is 0.250 e. The van der Waals surface area contributed by atoms with Crippen LogP contribution in [0.25, 0.3) is 0 Å². The van der Waals surface area contributed by atoms with Crippen molar-refractivity contribution in [3.05, 3.63) is 40.6 Å². The molecule has 0 radical (unpaired) electrons. The Morgan fingerprint density at radius 3 is 2.71 bits per heavy atom. The molecule has 3 rings (SSSR count). The van der Waals surface area contributed by atoms with E-state index in [0.29, 0.717) is 10.1 Å². The van der Waals surface area contributed by atoms with Crippen LogP contribution in [0.2, 0.25) is 4.34 Å². The molecule has 1 aliphatic carbocycles. The van der Waals surface area contributed by atoms with Crippen LogP contribution in [0.3, 0.4) is 0 Å². The molecule has 0 bridgehead atoms. The summed E-state index contributed by atoms with van der Waals surface area (Å²) in [6, 6.07) is 6.31. The van der Waals surface area contributed by atoms with E-state index in [4.69, 9.17) is 16.0 Å². The number of nitrogens with one attached hydrogen (secondary N) is 1. The van der Waals surface area contributed by atoms with Crippen molar-refractivity contribution in [1.82, 2.24) is 4.72 Å². The molecule has 2 heterocycles. The number of halogens is 1. The molecule has 1 unspecified atom stereocenters. The zero-order chi connectivity index (χ0) is 15.1. The minimum Gasteiger partial charge on any atom is -0.466 e. The third-order valence-electron chi connectivity index (χ3n) is 3.55. The first kappa shape index (κ1) is 15.1. The normalized spacial score (nSPS) is 18.6. The highest BCUT2D eigenvalue weighted by Gasteiger charge is 2.47. The molecule has 0 aliphatic heterocycles. The van der Waals surface area contributed by atoms with E-state index in [-0.39, 0.29) is 16.7 Å². The lowest BCUT2D eigenvalue weighted by molar-refractivity contribution is -0.00223. The highest BCUT2D eigenvalue weighted by Crippen LogP contribution is 2.45. The molecule has 2 N–H and O–H groups in total. The predicted octanol–water partition coefficient (Wildman–Crippen LogP) is 2.57. The summed E-state index contributed by atoms with van der Waals surface area (Å²) in [6.45, 7) is -0.122. The Balaban J connectivity index is 1.79. The fourth-order valence-corrected chi connectivity index (χ4v) is 4.84. The first-order chi connectivity index (χ1) is 9.92. The zero-order valence-electron chi connectivity index (χ0n) is 11.0. The van der Waals surface area contributed by atoms with E-state index in [2.05, 4.69) is 4.72 Å². The van der Waals surface area contributed by atoms with Crippen LogP contribution in [0.4, 0.5) is 0 Å². The lowest BCUT2D eigenvalue weighted by atomic mass is 9.95. The molecule has 1 aliphatic rings. The van der Waals surface area contributed by atoms with E-state index < -0.39 is 15.6 Å². The van der Waals surface area contributed by atoms with Crippen LogP contribution in [-0.4, -0.2) is 20.1 Å². The fraction of sp³-hybridized carbons (Fsp3) is 0.385. The van der Waals surface area contributed by atoms with Crippen molar-refractivity contribution in [3.8, 4) is 0 Å². The van der Waals surface area contributed by atoms with Crippen molar-refractivity contribution in [2.75, 3.05) is 6.54 Å². The average Bonchev–Trinajstić information content (AvgIpc) is 2.97. The molecular formula is C13H14ClNO4S2. The maximum Gasteiger partial charge on any atom is 0.250 e. The van der Waals surface area contributed by atoms with Gasteiger partial charge in [0.1, 0.15) is 15.6 Å². The third kappa shape index (κ3) is 3.02. The van der Waals surface area contributed by atoms with Gasteiger partial charge in [-0.05, 0) is 43.0 Å². The summed E-state index contributed by atoms with van der Waals surface area (Å²) >= 11 is 6.74. The minimum atomic E-state index is -3.69. The van der Waals surface area contributed by atoms with Crippen molar-refractivity contribution in [1.29, 1.82) is 0 Å². The van der Waals surface area contributed by atoms with Crippen molar-refractivity contribution in [2.45, 2.75) is 22.7 Å². The first-order valence-electron chi connectivity index (χ1n) is 6.43. The van der Waals surface area contributed by atoms with Gasteiger partial charge in [-0.15, -0.1) is 11.3 Å². The van der Waals surface area contributed by atoms with Crippen molar-refractivity contribution in [3.63, 3.8) is 0 Å². The Bertz CT molecular complexity index is 721. The van der Waals surface area contributed by atoms with Gasteiger partial charge in [-0.3, -0.25) is 0 Å². The minimum absolute atomic E-state index is 0.0123. The molecular weight excluding hydrogens is 334 g/mol. The Kier molecular flexibility index (Phi) is 3.87. The average molecular weight is 348 g/mol. The van der Waals surface area contributed by atoms with E-state index in [1.54, 1.807) is 12.1 Å². The summed E-state index contributed by atoms with van der Waals surface area (Å²) in [5.74, 6) is 0.398. The number of furan rings is 1. The van der Waals surface area contributed by atoms with Crippen LogP contribution in [0.5, 0.6) is 0 Å². The van der Waals surface area contributed by atoms with Crippen LogP contribution < -0.4 is 4.72 Å². The van der Waals surface area contributed by atoms with Gasteiger partial charge in [0.25, 0.3) is 0 Å². The molecule has 0 aromatic carbocycles. The SMILES string of the molecule is O=S(=O)(NCC(O)(c1ccco1)C1CC1)c1ccc(Cl)s1. The Morgan fingerprint density at radius 1 is 1.43 bits per heavy atom. The quantitative estimate of drug-likeness (QED) is 0.841. The van der Waals surface area contributed by atoms with E-state index in [0.717, 1.165) is 24.2 Å². The number of hydrogen-bond donors (Lipinski definition) is 2. The van der Waals surface area contributed by atoms with Gasteiger partial charge < -0.3 is 9.52 Å². The van der Waals surface area contributed by atoms with Gasteiger partial charge in [0, 0.05) is 6.54 Å². The van der Waals surface area contributed by atoms with E-state index in [1.165, 1.54) is 18.4 Å². The second kappa shape index (κ2) is 5.40. The largest absolute Gasteiger partial charge is 0.466 e. The van der Waals surface area contributed by atoms with Crippen molar-refractivity contribution < 1.29 is 17.9 Å². The van der Waals surface area contributed by atoms with Crippen LogP contribution in [0.1, 0.15) is 18.6 Å². The van der Waals surface area contributed by atoms with Gasteiger partial charge in [-0.1, -0.05) is 11.6 Å². The van der Waals surface area contributed by atoms with Crippen molar-refractivity contribution in [2.24, 2.45) is 5.92 Å². The molecule has 0 saturated heterocycles. The lowest BCUT2D eigenvalue weighted by Gasteiger charge is -2.26. The van der Waals surface area contributed by atoms with Gasteiger partial charge in [0.2, 0.25) is 10.0 Å². The number of thiophene rings is 1. The van der Waals surface area contributed by atoms with E-state index in [9.17, 15) is 13.5 Å². The topological polar surface area (TPSA) is 79.5 Å². The molecule has 1 saturated carbocycles. The summed E-state index contributed by atoms with van der Waals surface area (Å²) < 4.78 is 32.7. The highest BCUT2D eigenvalue weighted by molar-refractivity contribution is 7.91. The number of hydrogen-bond acceptors (Lipinski definition) is 5. The van der Waals surface area contributed by atoms with Crippen LogP contribution >= 0.6 is 22.9 Å². The van der Waals surface area contributed by atoms with Gasteiger partial charge in [-0.2, -0.15) is 0 Å². The van der Waals surface area contributed by atoms with Crippen LogP contribution in [0, 0.1) is 5.92 Å². The molecule has 5 nitrogen and oxygen atoms in total. The molecule has 0 amide bonds. The predicted molar refractivity (Wildman–Crippen MR) is 79.8 cm³/mol. The molecule has 2 aromatic heterocycles. The third-order valence-corrected chi connectivity index (χ3v) is 6.67. The summed E-state index contributed by atoms with van der Waals surface area (Å²) in [6.07, 6.45) is 3.17. The standard InChI is InChI=1S/C13H14ClNO4S2/c14-11-5-6-12(20-11)21(17,18)15-8-13(16,9-3-4-9)10-2-1-7-19-10/h1-2,5-7,9,15-16H,3-4,8H2. The lowest BCUT2D eigenvalue weighted by Crippen LogP contribution is -2.42. The maximum atomic E-state index is 12.2. The number of sulfonamides is 1. The van der Waals surface area contributed by atoms with Crippen molar-refractivity contribution >= 4 is 33.0 Å². The summed E-state index contributed by atoms with van der Waals surface area (Å²) in [4.78, 5) is 0. The van der Waals surface area contributed by atoms with Gasteiger partial charge >= 0.3 is 0 Å². The van der Waals surface area contributed by atoms with Crippen LogP contribution in [0.15, 0.2) is 39.2 Å². The van der Waals surface area contributed by atoms with Gasteiger partial charge in [-0.25, -0.2) is 13.1 Å². The molecule has 0 spiro atoms. The Labute approximate surface area is 131 Å². The molecule has 2 aromatic rings.